The lowest BCUT2D eigenvalue weighted by molar-refractivity contribution is -0.132. The molecule has 0 unspecified atom stereocenters. The van der Waals surface area contributed by atoms with E-state index in [0.717, 1.165) is 5.56 Å². The van der Waals surface area contributed by atoms with Crippen molar-refractivity contribution in [2.24, 2.45) is 0 Å². The topological polar surface area (TPSA) is 55.2 Å². The fourth-order valence-electron chi connectivity index (χ4n) is 2.67. The molecule has 5 nitrogen and oxygen atoms in total. The number of rotatable bonds is 5. The van der Waals surface area contributed by atoms with E-state index < -0.39 is 0 Å². The largest absolute Gasteiger partial charge is 0.337 e. The SMILES string of the molecule is CCN(Cc1ccccc1Cl)C(=O)Cn1cnc2ccccc2c1=O. The van der Waals surface area contributed by atoms with Gasteiger partial charge in [-0.25, -0.2) is 4.98 Å². The van der Waals surface area contributed by atoms with E-state index in [4.69, 9.17) is 11.6 Å². The smallest absolute Gasteiger partial charge is 0.261 e. The van der Waals surface area contributed by atoms with Crippen molar-refractivity contribution < 1.29 is 4.79 Å². The Labute approximate surface area is 150 Å². The third-order valence-corrected chi connectivity index (χ3v) is 4.46. The number of hydrogen-bond acceptors (Lipinski definition) is 3. The Morgan fingerprint density at radius 1 is 1.16 bits per heavy atom. The van der Waals surface area contributed by atoms with Crippen molar-refractivity contribution in [3.8, 4) is 0 Å². The van der Waals surface area contributed by atoms with Gasteiger partial charge in [0.2, 0.25) is 5.91 Å². The molecule has 0 spiro atoms. The minimum Gasteiger partial charge on any atom is -0.337 e. The Morgan fingerprint density at radius 3 is 2.64 bits per heavy atom. The van der Waals surface area contributed by atoms with Gasteiger partial charge in [0.05, 0.1) is 17.2 Å². The number of nitrogens with zero attached hydrogens (tertiary/aromatic N) is 3. The lowest BCUT2D eigenvalue weighted by atomic mass is 10.2. The Morgan fingerprint density at radius 2 is 1.88 bits per heavy atom. The summed E-state index contributed by atoms with van der Waals surface area (Å²) >= 11 is 6.18. The summed E-state index contributed by atoms with van der Waals surface area (Å²) in [4.78, 5) is 31.1. The third kappa shape index (κ3) is 3.72. The van der Waals surface area contributed by atoms with Gasteiger partial charge in [-0.2, -0.15) is 0 Å². The van der Waals surface area contributed by atoms with Gasteiger partial charge >= 0.3 is 0 Å². The van der Waals surface area contributed by atoms with E-state index in [1.165, 1.54) is 10.9 Å². The van der Waals surface area contributed by atoms with E-state index in [1.807, 2.05) is 31.2 Å². The van der Waals surface area contributed by atoms with Crippen molar-refractivity contribution in [3.63, 3.8) is 0 Å². The van der Waals surface area contributed by atoms with Gasteiger partial charge in [-0.1, -0.05) is 41.9 Å². The fourth-order valence-corrected chi connectivity index (χ4v) is 2.87. The number of aromatic nitrogens is 2. The summed E-state index contributed by atoms with van der Waals surface area (Å²) in [5.74, 6) is -0.151. The summed E-state index contributed by atoms with van der Waals surface area (Å²) in [6.07, 6.45) is 1.42. The van der Waals surface area contributed by atoms with E-state index in [-0.39, 0.29) is 18.0 Å². The number of amides is 1. The van der Waals surface area contributed by atoms with Gasteiger partial charge in [-0.3, -0.25) is 14.2 Å². The van der Waals surface area contributed by atoms with Gasteiger partial charge in [-0.15, -0.1) is 0 Å². The van der Waals surface area contributed by atoms with Gasteiger partial charge in [0.25, 0.3) is 5.56 Å². The fraction of sp³-hybridized carbons (Fsp3) is 0.211. The first-order chi connectivity index (χ1) is 12.1. The van der Waals surface area contributed by atoms with E-state index in [2.05, 4.69) is 4.98 Å². The van der Waals surface area contributed by atoms with Crippen LogP contribution in [0, 0.1) is 0 Å². The second-order valence-corrected chi connectivity index (χ2v) is 6.10. The van der Waals surface area contributed by atoms with Crippen molar-refractivity contribution in [3.05, 3.63) is 75.8 Å². The minimum absolute atomic E-state index is 0.0467. The van der Waals surface area contributed by atoms with Crippen LogP contribution in [0.15, 0.2) is 59.7 Å². The molecule has 0 N–H and O–H groups in total. The summed E-state index contributed by atoms with van der Waals surface area (Å²) < 4.78 is 1.35. The molecule has 0 aliphatic rings. The van der Waals surface area contributed by atoms with Crippen LogP contribution in [0.25, 0.3) is 10.9 Å². The van der Waals surface area contributed by atoms with Crippen LogP contribution in [-0.2, 0) is 17.9 Å². The van der Waals surface area contributed by atoms with Crippen molar-refractivity contribution >= 4 is 28.4 Å². The molecule has 0 bridgehead atoms. The summed E-state index contributed by atoms with van der Waals surface area (Å²) in [6.45, 7) is 2.79. The second-order valence-electron chi connectivity index (χ2n) is 5.69. The van der Waals surface area contributed by atoms with E-state index in [1.54, 1.807) is 29.2 Å². The van der Waals surface area contributed by atoms with E-state index >= 15 is 0 Å². The first-order valence-corrected chi connectivity index (χ1v) is 8.43. The third-order valence-electron chi connectivity index (χ3n) is 4.09. The quantitative estimate of drug-likeness (QED) is 0.706. The summed E-state index contributed by atoms with van der Waals surface area (Å²) in [7, 11) is 0. The Hall–Kier alpha value is -2.66. The maximum absolute atomic E-state index is 12.6. The van der Waals surface area contributed by atoms with Gasteiger partial charge in [0, 0.05) is 18.1 Å². The monoisotopic (exact) mass is 355 g/mol. The van der Waals surface area contributed by atoms with Crippen LogP contribution >= 0.6 is 11.6 Å². The molecule has 3 rings (SSSR count). The number of benzene rings is 2. The molecule has 0 aliphatic heterocycles. The van der Waals surface area contributed by atoms with Crippen LogP contribution in [0.2, 0.25) is 5.02 Å². The Kier molecular flexibility index (Phi) is 5.14. The summed E-state index contributed by atoms with van der Waals surface area (Å²) in [5, 5.41) is 1.13. The molecule has 0 atom stereocenters. The van der Waals surface area contributed by atoms with Crippen molar-refractivity contribution in [2.75, 3.05) is 6.54 Å². The highest BCUT2D eigenvalue weighted by Crippen LogP contribution is 2.17. The number of likely N-dealkylation sites (N-methyl/N-ethyl adjacent to an activating group) is 1. The van der Waals surface area contributed by atoms with Crippen LogP contribution in [0.5, 0.6) is 0 Å². The minimum atomic E-state index is -0.215. The molecule has 6 heteroatoms. The zero-order valence-corrected chi connectivity index (χ0v) is 14.6. The number of hydrogen-bond donors (Lipinski definition) is 0. The molecule has 0 saturated carbocycles. The van der Waals surface area contributed by atoms with Gasteiger partial charge in [0.15, 0.2) is 0 Å². The maximum Gasteiger partial charge on any atom is 0.261 e. The number of carbonyl (C=O) groups is 1. The Bertz CT molecular complexity index is 968. The average Bonchev–Trinajstić information content (AvgIpc) is 2.63. The number of para-hydroxylation sites is 1. The second kappa shape index (κ2) is 7.49. The lowest BCUT2D eigenvalue weighted by Gasteiger charge is -2.22. The molecule has 0 aliphatic carbocycles. The first-order valence-electron chi connectivity index (χ1n) is 8.05. The standard InChI is InChI=1S/C19H18ClN3O2/c1-2-22(11-14-7-3-5-9-16(14)20)18(24)12-23-13-21-17-10-6-4-8-15(17)19(23)25/h3-10,13H,2,11-12H2,1H3. The molecule has 1 aromatic heterocycles. The van der Waals surface area contributed by atoms with Crippen molar-refractivity contribution in [2.45, 2.75) is 20.0 Å². The molecule has 2 aromatic carbocycles. The molecule has 0 saturated heterocycles. The molecule has 25 heavy (non-hydrogen) atoms. The summed E-state index contributed by atoms with van der Waals surface area (Å²) in [6, 6.07) is 14.5. The van der Waals surface area contributed by atoms with Crippen LogP contribution in [-0.4, -0.2) is 26.9 Å². The molecule has 0 radical (unpaired) electrons. The highest BCUT2D eigenvalue weighted by atomic mass is 35.5. The van der Waals surface area contributed by atoms with Gasteiger partial charge in [-0.05, 0) is 30.7 Å². The molecule has 1 heterocycles. The zero-order chi connectivity index (χ0) is 17.8. The average molecular weight is 356 g/mol. The molecular formula is C19H18ClN3O2. The van der Waals surface area contributed by atoms with Gasteiger partial charge < -0.3 is 4.90 Å². The van der Waals surface area contributed by atoms with Crippen LogP contribution < -0.4 is 5.56 Å². The summed E-state index contributed by atoms with van der Waals surface area (Å²) in [5.41, 5.74) is 1.29. The molecule has 1 amide bonds. The predicted molar refractivity (Wildman–Crippen MR) is 98.5 cm³/mol. The normalized spacial score (nSPS) is 10.8. The predicted octanol–water partition coefficient (Wildman–Crippen LogP) is 3.10. The molecule has 0 fully saturated rings. The maximum atomic E-state index is 12.6. The molecular weight excluding hydrogens is 338 g/mol. The molecule has 3 aromatic rings. The highest BCUT2D eigenvalue weighted by molar-refractivity contribution is 6.31. The Balaban J connectivity index is 1.82. The van der Waals surface area contributed by atoms with Gasteiger partial charge in [0.1, 0.15) is 6.54 Å². The van der Waals surface area contributed by atoms with E-state index in [9.17, 15) is 9.59 Å². The highest BCUT2D eigenvalue weighted by Gasteiger charge is 2.15. The van der Waals surface area contributed by atoms with Crippen LogP contribution in [0.4, 0.5) is 0 Å². The van der Waals surface area contributed by atoms with E-state index in [0.29, 0.717) is 29.0 Å². The first kappa shape index (κ1) is 17.2. The van der Waals surface area contributed by atoms with Crippen molar-refractivity contribution in [1.82, 2.24) is 14.5 Å². The number of fused-ring (bicyclic) bond motifs is 1. The number of carbonyl (C=O) groups excluding carboxylic acids is 1. The zero-order valence-electron chi connectivity index (χ0n) is 13.9. The molecule has 128 valence electrons. The van der Waals surface area contributed by atoms with Crippen molar-refractivity contribution in [1.29, 1.82) is 0 Å². The van der Waals surface area contributed by atoms with Crippen LogP contribution in [0.3, 0.4) is 0 Å². The van der Waals surface area contributed by atoms with Crippen LogP contribution in [0.1, 0.15) is 12.5 Å². The lowest BCUT2D eigenvalue weighted by Crippen LogP contribution is -2.36. The number of halogens is 1.